The molecule has 0 spiro atoms. The van der Waals surface area contributed by atoms with Gasteiger partial charge in [0, 0.05) is 17.6 Å². The molecule has 0 aliphatic rings. The van der Waals surface area contributed by atoms with Crippen LogP contribution >= 0.6 is 11.6 Å². The number of carbonyl (C=O) groups excluding carboxylic acids is 1. The average molecular weight is 456 g/mol. The van der Waals surface area contributed by atoms with Crippen molar-refractivity contribution in [2.75, 3.05) is 14.2 Å². The lowest BCUT2D eigenvalue weighted by molar-refractivity contribution is -0.143. The summed E-state index contributed by atoms with van der Waals surface area (Å²) in [6, 6.07) is 10.5. The van der Waals surface area contributed by atoms with E-state index >= 15 is 0 Å². The zero-order chi connectivity index (χ0) is 22.6. The number of nitrogens with zero attached hydrogens (tertiary/aromatic N) is 2. The molecule has 0 fully saturated rings. The standard InChI is InChI=1S/C20H17ClF3N3O4/c1-29-15-7-12(8-16(9-15)30-2)10-25-19(28)31-17-11-26-27(18(17)20(22,23)24)14-5-3-13(21)4-6-14/h3-9,11H,10H2,1-2H3,(H,25,28). The van der Waals surface area contributed by atoms with Crippen LogP contribution in [-0.4, -0.2) is 30.1 Å². The number of hydrogen-bond donors (Lipinski definition) is 1. The van der Waals surface area contributed by atoms with E-state index < -0.39 is 23.7 Å². The average Bonchev–Trinajstić information content (AvgIpc) is 3.16. The highest BCUT2D eigenvalue weighted by Crippen LogP contribution is 2.37. The van der Waals surface area contributed by atoms with Crippen molar-refractivity contribution < 1.29 is 32.2 Å². The van der Waals surface area contributed by atoms with Gasteiger partial charge < -0.3 is 19.5 Å². The Labute approximate surface area is 180 Å². The monoisotopic (exact) mass is 455 g/mol. The molecular formula is C20H17ClF3N3O4. The zero-order valence-corrected chi connectivity index (χ0v) is 17.1. The van der Waals surface area contributed by atoms with Crippen LogP contribution < -0.4 is 19.5 Å². The predicted molar refractivity (Wildman–Crippen MR) is 106 cm³/mol. The van der Waals surface area contributed by atoms with Gasteiger partial charge in [-0.2, -0.15) is 18.3 Å². The molecule has 1 amide bonds. The van der Waals surface area contributed by atoms with E-state index in [9.17, 15) is 18.0 Å². The molecule has 0 saturated heterocycles. The third kappa shape index (κ3) is 5.40. The number of methoxy groups -OCH3 is 2. The highest BCUT2D eigenvalue weighted by atomic mass is 35.5. The molecule has 31 heavy (non-hydrogen) atoms. The molecule has 0 atom stereocenters. The number of carbonyl (C=O) groups is 1. The van der Waals surface area contributed by atoms with Crippen LogP contribution in [0.4, 0.5) is 18.0 Å². The lowest BCUT2D eigenvalue weighted by Crippen LogP contribution is -2.27. The van der Waals surface area contributed by atoms with Gasteiger partial charge in [-0.3, -0.25) is 0 Å². The normalized spacial score (nSPS) is 11.2. The number of aromatic nitrogens is 2. The van der Waals surface area contributed by atoms with Crippen LogP contribution in [0, 0.1) is 0 Å². The van der Waals surface area contributed by atoms with Crippen molar-refractivity contribution in [3.63, 3.8) is 0 Å². The minimum absolute atomic E-state index is 0.0287. The fourth-order valence-electron chi connectivity index (χ4n) is 2.72. The molecule has 1 heterocycles. The van der Waals surface area contributed by atoms with Crippen LogP contribution in [0.3, 0.4) is 0 Å². The van der Waals surface area contributed by atoms with Gasteiger partial charge in [0.1, 0.15) is 11.5 Å². The summed E-state index contributed by atoms with van der Waals surface area (Å²) in [7, 11) is 2.94. The van der Waals surface area contributed by atoms with Crippen LogP contribution in [0.1, 0.15) is 11.3 Å². The smallest absolute Gasteiger partial charge is 0.437 e. The Morgan fingerprint density at radius 2 is 1.71 bits per heavy atom. The van der Waals surface area contributed by atoms with Crippen LogP contribution in [-0.2, 0) is 12.7 Å². The first kappa shape index (κ1) is 22.3. The van der Waals surface area contributed by atoms with Gasteiger partial charge in [0.2, 0.25) is 0 Å². The molecule has 7 nitrogen and oxygen atoms in total. The number of halogens is 4. The summed E-state index contributed by atoms with van der Waals surface area (Å²) in [4.78, 5) is 12.1. The summed E-state index contributed by atoms with van der Waals surface area (Å²) in [5, 5.41) is 6.46. The van der Waals surface area contributed by atoms with Crippen molar-refractivity contribution in [3.05, 3.63) is 64.9 Å². The van der Waals surface area contributed by atoms with Gasteiger partial charge in [0.25, 0.3) is 0 Å². The summed E-state index contributed by atoms with van der Waals surface area (Å²) in [6.07, 6.45) is -5.08. The summed E-state index contributed by atoms with van der Waals surface area (Å²) in [6.45, 7) is -0.0287. The molecule has 11 heteroatoms. The minimum atomic E-state index is -4.83. The molecule has 0 bridgehead atoms. The molecule has 3 aromatic rings. The Hall–Kier alpha value is -3.40. The van der Waals surface area contributed by atoms with Gasteiger partial charge in [0.05, 0.1) is 26.1 Å². The molecule has 0 radical (unpaired) electrons. The molecule has 0 saturated carbocycles. The van der Waals surface area contributed by atoms with E-state index in [-0.39, 0.29) is 12.2 Å². The van der Waals surface area contributed by atoms with Gasteiger partial charge in [-0.1, -0.05) is 11.6 Å². The van der Waals surface area contributed by atoms with Crippen molar-refractivity contribution in [3.8, 4) is 22.9 Å². The first-order valence-electron chi connectivity index (χ1n) is 8.80. The molecular weight excluding hydrogens is 439 g/mol. The summed E-state index contributed by atoms with van der Waals surface area (Å²) < 4.78 is 56.7. The Morgan fingerprint density at radius 1 is 1.10 bits per heavy atom. The number of ether oxygens (including phenoxy) is 3. The van der Waals surface area contributed by atoms with Crippen molar-refractivity contribution in [1.82, 2.24) is 15.1 Å². The van der Waals surface area contributed by atoms with Crippen molar-refractivity contribution in [2.45, 2.75) is 12.7 Å². The zero-order valence-electron chi connectivity index (χ0n) is 16.4. The second-order valence-electron chi connectivity index (χ2n) is 6.21. The topological polar surface area (TPSA) is 74.6 Å². The van der Waals surface area contributed by atoms with Crippen LogP contribution in [0.5, 0.6) is 17.2 Å². The van der Waals surface area contributed by atoms with E-state index in [0.717, 1.165) is 6.20 Å². The maximum Gasteiger partial charge on any atom is 0.437 e. The van der Waals surface area contributed by atoms with Gasteiger partial charge in [0.15, 0.2) is 11.4 Å². The number of nitrogens with one attached hydrogen (secondary N) is 1. The summed E-state index contributed by atoms with van der Waals surface area (Å²) >= 11 is 5.78. The Balaban J connectivity index is 1.78. The lowest BCUT2D eigenvalue weighted by Gasteiger charge is -2.13. The van der Waals surface area contributed by atoms with Gasteiger partial charge >= 0.3 is 12.3 Å². The first-order chi connectivity index (χ1) is 14.7. The Kier molecular flexibility index (Phi) is 6.59. The molecule has 0 aliphatic carbocycles. The first-order valence-corrected chi connectivity index (χ1v) is 9.18. The maximum atomic E-state index is 13.6. The van der Waals surface area contributed by atoms with Crippen LogP contribution in [0.2, 0.25) is 5.02 Å². The van der Waals surface area contributed by atoms with Crippen LogP contribution in [0.25, 0.3) is 5.69 Å². The Morgan fingerprint density at radius 3 is 2.26 bits per heavy atom. The van der Waals surface area contributed by atoms with Gasteiger partial charge in [-0.05, 0) is 42.0 Å². The number of benzene rings is 2. The quantitative estimate of drug-likeness (QED) is 0.575. The lowest BCUT2D eigenvalue weighted by atomic mass is 10.2. The molecule has 1 N–H and O–H groups in total. The Bertz CT molecular complexity index is 1050. The van der Waals surface area contributed by atoms with E-state index in [1.807, 2.05) is 0 Å². The third-order valence-corrected chi connectivity index (χ3v) is 4.38. The number of amides is 1. The fraction of sp³-hybridized carbons (Fsp3) is 0.200. The summed E-state index contributed by atoms with van der Waals surface area (Å²) in [5.74, 6) is 0.254. The minimum Gasteiger partial charge on any atom is -0.497 e. The van der Waals surface area contributed by atoms with Gasteiger partial charge in [-0.25, -0.2) is 9.48 Å². The fourth-order valence-corrected chi connectivity index (χ4v) is 2.85. The van der Waals surface area contributed by atoms with Crippen LogP contribution in [0.15, 0.2) is 48.7 Å². The van der Waals surface area contributed by atoms with E-state index in [2.05, 4.69) is 10.4 Å². The number of alkyl halides is 3. The van der Waals surface area contributed by atoms with Crippen molar-refractivity contribution in [1.29, 1.82) is 0 Å². The van der Waals surface area contributed by atoms with Crippen molar-refractivity contribution >= 4 is 17.7 Å². The number of hydrogen-bond acceptors (Lipinski definition) is 5. The largest absolute Gasteiger partial charge is 0.497 e. The van der Waals surface area contributed by atoms with Gasteiger partial charge in [-0.15, -0.1) is 0 Å². The third-order valence-electron chi connectivity index (χ3n) is 4.13. The SMILES string of the molecule is COc1cc(CNC(=O)Oc2cnn(-c3ccc(Cl)cc3)c2C(F)(F)F)cc(OC)c1. The van der Waals surface area contributed by atoms with E-state index in [0.29, 0.717) is 26.8 Å². The highest BCUT2D eigenvalue weighted by molar-refractivity contribution is 6.30. The molecule has 0 aliphatic heterocycles. The van der Waals surface area contributed by atoms with E-state index in [1.54, 1.807) is 18.2 Å². The molecule has 0 unspecified atom stereocenters. The molecule has 2 aromatic carbocycles. The van der Waals surface area contributed by atoms with Crippen molar-refractivity contribution in [2.24, 2.45) is 0 Å². The maximum absolute atomic E-state index is 13.6. The molecule has 164 valence electrons. The van der Waals surface area contributed by atoms with E-state index in [4.69, 9.17) is 25.8 Å². The highest BCUT2D eigenvalue weighted by Gasteiger charge is 2.40. The number of rotatable bonds is 6. The molecule has 3 rings (SSSR count). The second kappa shape index (κ2) is 9.17. The predicted octanol–water partition coefficient (Wildman–Crippen LogP) is 4.85. The molecule has 1 aromatic heterocycles. The van der Waals surface area contributed by atoms with E-state index in [1.165, 1.54) is 38.5 Å². The second-order valence-corrected chi connectivity index (χ2v) is 6.64. The summed E-state index contributed by atoms with van der Waals surface area (Å²) in [5.41, 5.74) is -0.524.